The van der Waals surface area contributed by atoms with E-state index in [4.69, 9.17) is 9.47 Å². The van der Waals surface area contributed by atoms with Crippen molar-refractivity contribution < 1.29 is 28.7 Å². The molecule has 0 unspecified atom stereocenters. The number of hydrogen-bond acceptors (Lipinski definition) is 6. The molecule has 8 heteroatoms. The average Bonchev–Trinajstić information content (AvgIpc) is 2.78. The molecule has 33 heavy (non-hydrogen) atoms. The Bertz CT molecular complexity index is 941. The fourth-order valence-corrected chi connectivity index (χ4v) is 2.91. The Morgan fingerprint density at radius 2 is 1.52 bits per heavy atom. The van der Waals surface area contributed by atoms with Gasteiger partial charge in [-0.15, -0.1) is 0 Å². The zero-order valence-electron chi connectivity index (χ0n) is 19.1. The summed E-state index contributed by atoms with van der Waals surface area (Å²) in [7, 11) is 0. The van der Waals surface area contributed by atoms with Gasteiger partial charge in [-0.2, -0.15) is 0 Å². The summed E-state index contributed by atoms with van der Waals surface area (Å²) in [6.45, 7) is 5.01. The van der Waals surface area contributed by atoms with Gasteiger partial charge in [0.2, 0.25) is 5.91 Å². The van der Waals surface area contributed by atoms with Crippen molar-refractivity contribution in [2.45, 2.75) is 52.2 Å². The summed E-state index contributed by atoms with van der Waals surface area (Å²) in [5.74, 6) is -1.63. The van der Waals surface area contributed by atoms with E-state index in [-0.39, 0.29) is 43.9 Å². The number of carbonyl (C=O) groups excluding carboxylic acids is 4. The van der Waals surface area contributed by atoms with Gasteiger partial charge >= 0.3 is 11.9 Å². The highest BCUT2D eigenvalue weighted by molar-refractivity contribution is 5.93. The summed E-state index contributed by atoms with van der Waals surface area (Å²) in [6, 6.07) is 15.6. The second kappa shape index (κ2) is 13.0. The molecule has 0 aliphatic carbocycles. The van der Waals surface area contributed by atoms with Gasteiger partial charge in [-0.05, 0) is 57.0 Å². The number of hydrogen-bond donors (Lipinski definition) is 2. The van der Waals surface area contributed by atoms with Gasteiger partial charge in [0, 0.05) is 18.5 Å². The molecule has 0 radical (unpaired) electrons. The monoisotopic (exact) mass is 454 g/mol. The molecule has 2 amide bonds. The van der Waals surface area contributed by atoms with Crippen molar-refractivity contribution >= 4 is 29.4 Å². The Morgan fingerprint density at radius 1 is 0.848 bits per heavy atom. The molecule has 8 nitrogen and oxygen atoms in total. The molecule has 0 aromatic heterocycles. The second-order valence-corrected chi connectivity index (χ2v) is 7.79. The van der Waals surface area contributed by atoms with Gasteiger partial charge in [0.25, 0.3) is 5.91 Å². The first kappa shape index (κ1) is 25.6. The largest absolute Gasteiger partial charge is 0.459 e. The van der Waals surface area contributed by atoms with E-state index >= 15 is 0 Å². The number of nitrogens with one attached hydrogen (secondary N) is 2. The lowest BCUT2D eigenvalue weighted by Crippen LogP contribution is -2.31. The number of carbonyl (C=O) groups is 4. The fraction of sp³-hybridized carbons (Fsp3) is 0.360. The standard InChI is InChI=1S/C25H30N2O6/c1-17(2)33-25(31)20-12-14-21(15-13-20)27-22(28)10-7-11-24(30)32-16-23(29)26-18(3)19-8-5-4-6-9-19/h4-6,8-9,12-15,17-18H,7,10-11,16H2,1-3H3,(H,26,29)(H,27,28)/t18-/m0/s1. The molecule has 2 aromatic rings. The topological polar surface area (TPSA) is 111 Å². The number of esters is 2. The maximum atomic E-state index is 12.1. The Balaban J connectivity index is 1.64. The minimum atomic E-state index is -0.543. The van der Waals surface area contributed by atoms with Gasteiger partial charge in [-0.25, -0.2) is 4.79 Å². The van der Waals surface area contributed by atoms with Crippen molar-refractivity contribution in [2.75, 3.05) is 11.9 Å². The van der Waals surface area contributed by atoms with Crippen LogP contribution in [0.15, 0.2) is 54.6 Å². The molecule has 0 heterocycles. The highest BCUT2D eigenvalue weighted by atomic mass is 16.5. The van der Waals surface area contributed by atoms with Crippen LogP contribution in [0, 0.1) is 0 Å². The first-order chi connectivity index (χ1) is 15.7. The number of amides is 2. The first-order valence-electron chi connectivity index (χ1n) is 10.9. The molecule has 0 saturated carbocycles. The van der Waals surface area contributed by atoms with E-state index < -0.39 is 17.8 Å². The Hall–Kier alpha value is -3.68. The number of benzene rings is 2. The van der Waals surface area contributed by atoms with E-state index in [1.807, 2.05) is 37.3 Å². The van der Waals surface area contributed by atoms with Crippen molar-refractivity contribution in [2.24, 2.45) is 0 Å². The zero-order valence-corrected chi connectivity index (χ0v) is 19.1. The molecule has 0 spiro atoms. The van der Waals surface area contributed by atoms with Crippen LogP contribution in [0.4, 0.5) is 5.69 Å². The summed E-state index contributed by atoms with van der Waals surface area (Å²) in [4.78, 5) is 47.7. The van der Waals surface area contributed by atoms with Crippen molar-refractivity contribution in [3.63, 3.8) is 0 Å². The quantitative estimate of drug-likeness (QED) is 0.500. The van der Waals surface area contributed by atoms with Crippen LogP contribution >= 0.6 is 0 Å². The lowest BCUT2D eigenvalue weighted by atomic mass is 10.1. The van der Waals surface area contributed by atoms with Crippen LogP contribution < -0.4 is 10.6 Å². The smallest absolute Gasteiger partial charge is 0.338 e. The molecule has 0 saturated heterocycles. The average molecular weight is 455 g/mol. The summed E-state index contributed by atoms with van der Waals surface area (Å²) in [5.41, 5.74) is 1.88. The molecule has 176 valence electrons. The van der Waals surface area contributed by atoms with Crippen LogP contribution in [0.1, 0.15) is 62.0 Å². The van der Waals surface area contributed by atoms with Crippen molar-refractivity contribution in [3.8, 4) is 0 Å². The summed E-state index contributed by atoms with van der Waals surface area (Å²) in [5, 5.41) is 5.47. The molecule has 2 N–H and O–H groups in total. The van der Waals surface area contributed by atoms with E-state index in [0.717, 1.165) is 5.56 Å². The summed E-state index contributed by atoms with van der Waals surface area (Å²) >= 11 is 0. The highest BCUT2D eigenvalue weighted by Gasteiger charge is 2.13. The number of ether oxygens (including phenoxy) is 2. The lowest BCUT2D eigenvalue weighted by molar-refractivity contribution is -0.148. The maximum Gasteiger partial charge on any atom is 0.338 e. The van der Waals surface area contributed by atoms with Gasteiger partial charge in [-0.3, -0.25) is 14.4 Å². The molecular weight excluding hydrogens is 424 g/mol. The van der Waals surface area contributed by atoms with Crippen LogP contribution in [0.2, 0.25) is 0 Å². The summed E-state index contributed by atoms with van der Waals surface area (Å²) < 4.78 is 10.1. The van der Waals surface area contributed by atoms with Crippen molar-refractivity contribution in [1.82, 2.24) is 5.32 Å². The molecule has 0 aliphatic heterocycles. The van der Waals surface area contributed by atoms with E-state index in [9.17, 15) is 19.2 Å². The third kappa shape index (κ3) is 9.55. The third-order valence-electron chi connectivity index (χ3n) is 4.57. The van der Waals surface area contributed by atoms with Crippen LogP contribution in [0.5, 0.6) is 0 Å². The SMILES string of the molecule is CC(C)OC(=O)c1ccc(NC(=O)CCCC(=O)OCC(=O)N[C@@H](C)c2ccccc2)cc1. The Morgan fingerprint density at radius 3 is 2.15 bits per heavy atom. The summed E-state index contributed by atoms with van der Waals surface area (Å²) in [6.07, 6.45) is 0.208. The predicted octanol–water partition coefficient (Wildman–Crippen LogP) is 3.78. The minimum absolute atomic E-state index is 0.0227. The molecular formula is C25H30N2O6. The highest BCUT2D eigenvalue weighted by Crippen LogP contribution is 2.13. The normalized spacial score (nSPS) is 11.4. The van der Waals surface area contributed by atoms with Gasteiger partial charge in [0.1, 0.15) is 0 Å². The van der Waals surface area contributed by atoms with Crippen LogP contribution in [-0.4, -0.2) is 36.5 Å². The van der Waals surface area contributed by atoms with Gasteiger partial charge in [0.05, 0.1) is 17.7 Å². The Labute approximate surface area is 193 Å². The van der Waals surface area contributed by atoms with E-state index in [2.05, 4.69) is 10.6 Å². The molecule has 1 atom stereocenters. The van der Waals surface area contributed by atoms with Crippen LogP contribution in [0.25, 0.3) is 0 Å². The van der Waals surface area contributed by atoms with Gasteiger partial charge in [0.15, 0.2) is 6.61 Å². The molecule has 2 aromatic carbocycles. The molecule has 0 aliphatic rings. The number of anilines is 1. The third-order valence-corrected chi connectivity index (χ3v) is 4.57. The fourth-order valence-electron chi connectivity index (χ4n) is 2.91. The predicted molar refractivity (Wildman–Crippen MR) is 123 cm³/mol. The minimum Gasteiger partial charge on any atom is -0.459 e. The van der Waals surface area contributed by atoms with E-state index in [1.54, 1.807) is 38.1 Å². The van der Waals surface area contributed by atoms with Crippen molar-refractivity contribution in [1.29, 1.82) is 0 Å². The van der Waals surface area contributed by atoms with E-state index in [0.29, 0.717) is 11.3 Å². The van der Waals surface area contributed by atoms with Crippen LogP contribution in [0.3, 0.4) is 0 Å². The molecule has 2 rings (SSSR count). The van der Waals surface area contributed by atoms with E-state index in [1.165, 1.54) is 0 Å². The van der Waals surface area contributed by atoms with Gasteiger partial charge < -0.3 is 20.1 Å². The maximum absolute atomic E-state index is 12.1. The van der Waals surface area contributed by atoms with Crippen molar-refractivity contribution in [3.05, 3.63) is 65.7 Å². The number of rotatable bonds is 11. The molecule has 0 fully saturated rings. The van der Waals surface area contributed by atoms with Gasteiger partial charge in [-0.1, -0.05) is 30.3 Å². The zero-order chi connectivity index (χ0) is 24.2. The van der Waals surface area contributed by atoms with Crippen LogP contribution in [-0.2, 0) is 23.9 Å². The first-order valence-corrected chi connectivity index (χ1v) is 10.9. The lowest BCUT2D eigenvalue weighted by Gasteiger charge is -2.14. The second-order valence-electron chi connectivity index (χ2n) is 7.79. The molecule has 0 bridgehead atoms. The Kier molecular flexibility index (Phi) is 10.1.